The highest BCUT2D eigenvalue weighted by molar-refractivity contribution is 7.92. The Labute approximate surface area is 149 Å². The first kappa shape index (κ1) is 17.7. The van der Waals surface area contributed by atoms with Gasteiger partial charge in [-0.1, -0.05) is 0 Å². The third-order valence-electron chi connectivity index (χ3n) is 3.71. The Morgan fingerprint density at radius 3 is 2.54 bits per heavy atom. The van der Waals surface area contributed by atoms with Crippen molar-refractivity contribution in [1.29, 1.82) is 0 Å². The predicted molar refractivity (Wildman–Crippen MR) is 92.5 cm³/mol. The molecule has 3 rings (SSSR count). The number of pyridine rings is 1. The molecule has 3 aromatic rings. The van der Waals surface area contributed by atoms with Crippen LogP contribution in [0.15, 0.2) is 53.8 Å². The quantitative estimate of drug-likeness (QED) is 0.594. The number of aromatic nitrogens is 3. The number of methoxy groups -OCH3 is 2. The summed E-state index contributed by atoms with van der Waals surface area (Å²) < 4.78 is 38.5. The van der Waals surface area contributed by atoms with Crippen molar-refractivity contribution in [3.63, 3.8) is 0 Å². The minimum atomic E-state index is -4.03. The van der Waals surface area contributed by atoms with Crippen molar-refractivity contribution in [3.8, 4) is 5.75 Å². The summed E-state index contributed by atoms with van der Waals surface area (Å²) in [6, 6.07) is 9.26. The average molecular weight is 376 g/mol. The Hall–Kier alpha value is -3.14. The van der Waals surface area contributed by atoms with Gasteiger partial charge in [-0.25, -0.2) is 8.42 Å². The van der Waals surface area contributed by atoms with E-state index in [4.69, 9.17) is 4.74 Å². The maximum Gasteiger partial charge on any atom is 0.326 e. The molecule has 2 aromatic heterocycles. The summed E-state index contributed by atoms with van der Waals surface area (Å²) in [4.78, 5) is 11.8. The number of esters is 1. The lowest BCUT2D eigenvalue weighted by Gasteiger charge is -2.23. The fourth-order valence-corrected chi connectivity index (χ4v) is 3.75. The number of fused-ring (bicyclic) bond motifs is 1. The van der Waals surface area contributed by atoms with Crippen molar-refractivity contribution in [2.45, 2.75) is 4.90 Å². The van der Waals surface area contributed by atoms with Gasteiger partial charge >= 0.3 is 5.97 Å². The van der Waals surface area contributed by atoms with E-state index in [0.717, 1.165) is 4.31 Å². The van der Waals surface area contributed by atoms with Gasteiger partial charge in [-0.05, 0) is 36.4 Å². The van der Waals surface area contributed by atoms with Crippen molar-refractivity contribution >= 4 is 27.3 Å². The lowest BCUT2D eigenvalue weighted by Crippen LogP contribution is -2.36. The van der Waals surface area contributed by atoms with E-state index in [1.165, 1.54) is 43.3 Å². The first-order chi connectivity index (χ1) is 12.5. The second-order valence-electron chi connectivity index (χ2n) is 5.25. The molecule has 26 heavy (non-hydrogen) atoms. The minimum absolute atomic E-state index is 0.00970. The zero-order chi connectivity index (χ0) is 18.7. The molecule has 0 radical (unpaired) electrons. The van der Waals surface area contributed by atoms with Gasteiger partial charge < -0.3 is 9.47 Å². The summed E-state index contributed by atoms with van der Waals surface area (Å²) in [7, 11) is -1.33. The van der Waals surface area contributed by atoms with Gasteiger partial charge in [0.15, 0.2) is 5.65 Å². The molecular weight excluding hydrogens is 360 g/mol. The van der Waals surface area contributed by atoms with Crippen molar-refractivity contribution in [3.05, 3.63) is 48.9 Å². The highest BCUT2D eigenvalue weighted by atomic mass is 32.2. The SMILES string of the molecule is COC(=O)CN(c1ccc(OC)cc1)S(=O)(=O)c1ccc2nncn2c1. The summed E-state index contributed by atoms with van der Waals surface area (Å²) in [5.74, 6) is -0.121. The number of sulfonamides is 1. The molecule has 0 saturated carbocycles. The maximum absolute atomic E-state index is 13.1. The van der Waals surface area contributed by atoms with E-state index in [-0.39, 0.29) is 4.90 Å². The molecule has 9 nitrogen and oxygen atoms in total. The lowest BCUT2D eigenvalue weighted by atomic mass is 10.3. The van der Waals surface area contributed by atoms with Gasteiger partial charge in [0.2, 0.25) is 0 Å². The second-order valence-corrected chi connectivity index (χ2v) is 7.11. The van der Waals surface area contributed by atoms with E-state index in [1.54, 1.807) is 24.3 Å². The fourth-order valence-electron chi connectivity index (χ4n) is 2.33. The molecule has 0 fully saturated rings. The molecule has 0 aliphatic rings. The Bertz CT molecular complexity index is 1030. The molecule has 0 atom stereocenters. The number of ether oxygens (including phenoxy) is 2. The number of carbonyl (C=O) groups excluding carboxylic acids is 1. The number of anilines is 1. The van der Waals surface area contributed by atoms with Crippen LogP contribution in [0, 0.1) is 0 Å². The molecule has 1 aromatic carbocycles. The highest BCUT2D eigenvalue weighted by Gasteiger charge is 2.28. The van der Waals surface area contributed by atoms with Crippen LogP contribution >= 0.6 is 0 Å². The fraction of sp³-hybridized carbons (Fsp3) is 0.188. The third-order valence-corrected chi connectivity index (χ3v) is 5.47. The monoisotopic (exact) mass is 376 g/mol. The Kier molecular flexibility index (Phi) is 4.76. The molecule has 0 spiro atoms. The summed E-state index contributed by atoms with van der Waals surface area (Å²) >= 11 is 0. The third kappa shape index (κ3) is 3.31. The van der Waals surface area contributed by atoms with Gasteiger partial charge in [-0.2, -0.15) is 0 Å². The molecule has 0 aliphatic heterocycles. The normalized spacial score (nSPS) is 11.3. The molecule has 0 saturated heterocycles. The largest absolute Gasteiger partial charge is 0.497 e. The highest BCUT2D eigenvalue weighted by Crippen LogP contribution is 2.26. The molecule has 0 aliphatic carbocycles. The van der Waals surface area contributed by atoms with Crippen LogP contribution < -0.4 is 9.04 Å². The van der Waals surface area contributed by atoms with Crippen LogP contribution in [-0.4, -0.2) is 49.7 Å². The van der Waals surface area contributed by atoms with Gasteiger partial charge in [0.05, 0.1) is 19.9 Å². The molecule has 136 valence electrons. The number of hydrogen-bond donors (Lipinski definition) is 0. The van der Waals surface area contributed by atoms with E-state index in [9.17, 15) is 13.2 Å². The Morgan fingerprint density at radius 1 is 1.15 bits per heavy atom. The summed E-state index contributed by atoms with van der Waals surface area (Å²) in [6.45, 7) is -0.467. The zero-order valence-corrected chi connectivity index (χ0v) is 14.9. The number of hydrogen-bond acceptors (Lipinski definition) is 7. The van der Waals surface area contributed by atoms with Crippen LogP contribution in [0.3, 0.4) is 0 Å². The summed E-state index contributed by atoms with van der Waals surface area (Å²) in [5.41, 5.74) is 0.813. The molecule has 0 N–H and O–H groups in total. The molecule has 0 amide bonds. The first-order valence-electron chi connectivity index (χ1n) is 7.48. The summed E-state index contributed by atoms with van der Waals surface area (Å²) in [5, 5.41) is 7.57. The molecule has 0 unspecified atom stereocenters. The van der Waals surface area contributed by atoms with Gasteiger partial charge in [0, 0.05) is 6.20 Å². The van der Waals surface area contributed by atoms with Crippen molar-refractivity contribution < 1.29 is 22.7 Å². The average Bonchev–Trinajstić information content (AvgIpc) is 3.13. The van der Waals surface area contributed by atoms with Crippen LogP contribution in [0.25, 0.3) is 5.65 Å². The predicted octanol–water partition coefficient (Wildman–Crippen LogP) is 1.11. The number of benzene rings is 1. The van der Waals surface area contributed by atoms with E-state index >= 15 is 0 Å². The zero-order valence-electron chi connectivity index (χ0n) is 14.1. The topological polar surface area (TPSA) is 103 Å². The van der Waals surface area contributed by atoms with Crippen LogP contribution in [-0.2, 0) is 19.6 Å². The maximum atomic E-state index is 13.1. The van der Waals surface area contributed by atoms with Crippen LogP contribution in [0.1, 0.15) is 0 Å². The smallest absolute Gasteiger partial charge is 0.326 e. The van der Waals surface area contributed by atoms with Gasteiger partial charge in [-0.3, -0.25) is 13.5 Å². The van der Waals surface area contributed by atoms with Crippen LogP contribution in [0.5, 0.6) is 5.75 Å². The standard InChI is InChI=1S/C16H16N4O5S/c1-24-13-5-3-12(4-6-13)20(10-16(21)25-2)26(22,23)14-7-8-15-18-17-11-19(15)9-14/h3-9,11H,10H2,1-2H3. The molecule has 0 bridgehead atoms. The number of rotatable bonds is 6. The van der Waals surface area contributed by atoms with Gasteiger partial charge in [-0.15, -0.1) is 10.2 Å². The van der Waals surface area contributed by atoms with E-state index in [0.29, 0.717) is 17.1 Å². The van der Waals surface area contributed by atoms with Crippen molar-refractivity contribution in [2.75, 3.05) is 25.1 Å². The Balaban J connectivity index is 2.06. The summed E-state index contributed by atoms with van der Waals surface area (Å²) in [6.07, 6.45) is 2.78. The lowest BCUT2D eigenvalue weighted by molar-refractivity contribution is -0.138. The van der Waals surface area contributed by atoms with Crippen LogP contribution in [0.2, 0.25) is 0 Å². The first-order valence-corrected chi connectivity index (χ1v) is 8.92. The minimum Gasteiger partial charge on any atom is -0.497 e. The number of nitrogens with zero attached hydrogens (tertiary/aromatic N) is 4. The van der Waals surface area contributed by atoms with Gasteiger partial charge in [0.25, 0.3) is 10.0 Å². The van der Waals surface area contributed by atoms with Crippen molar-refractivity contribution in [2.24, 2.45) is 0 Å². The van der Waals surface area contributed by atoms with Crippen LogP contribution in [0.4, 0.5) is 5.69 Å². The number of carbonyl (C=O) groups is 1. The molecule has 2 heterocycles. The van der Waals surface area contributed by atoms with E-state index < -0.39 is 22.5 Å². The van der Waals surface area contributed by atoms with E-state index in [2.05, 4.69) is 14.9 Å². The molecular formula is C16H16N4O5S. The second kappa shape index (κ2) is 7.00. The Morgan fingerprint density at radius 2 is 1.88 bits per heavy atom. The van der Waals surface area contributed by atoms with Crippen molar-refractivity contribution in [1.82, 2.24) is 14.6 Å². The molecule has 10 heteroatoms. The van der Waals surface area contributed by atoms with E-state index in [1.807, 2.05) is 0 Å². The van der Waals surface area contributed by atoms with Gasteiger partial charge in [0.1, 0.15) is 23.5 Å².